The van der Waals surface area contributed by atoms with Gasteiger partial charge in [-0.1, -0.05) is 11.8 Å². The molecule has 0 fully saturated rings. The van der Waals surface area contributed by atoms with Crippen molar-refractivity contribution in [1.82, 2.24) is 0 Å². The summed E-state index contributed by atoms with van der Waals surface area (Å²) in [5, 5.41) is 5.91. The van der Waals surface area contributed by atoms with E-state index in [0.717, 1.165) is 11.4 Å². The van der Waals surface area contributed by atoms with Gasteiger partial charge < -0.3 is 15.4 Å². The molecule has 0 spiro atoms. The van der Waals surface area contributed by atoms with Crippen LogP contribution >= 0.6 is 0 Å². The number of hydrogen-bond acceptors (Lipinski definition) is 3. The van der Waals surface area contributed by atoms with Gasteiger partial charge in [0.05, 0.1) is 11.3 Å². The summed E-state index contributed by atoms with van der Waals surface area (Å²) < 4.78 is 19.8. The third-order valence-corrected chi connectivity index (χ3v) is 3.71. The standard InChI is InChI=1S/C21H21FN2O2/c1-21(2,3)9-8-14-4-6-16(17(22)12-14)20(25)24-15-5-7-19-18(13-15)23-10-11-26-19/h4-7,12-13,23H,10-11H2,1-3H3,(H,24,25). The normalized spacial score (nSPS) is 12.8. The van der Waals surface area contributed by atoms with Crippen LogP contribution in [0.4, 0.5) is 15.8 Å². The second-order valence-electron chi connectivity index (χ2n) is 7.13. The first kappa shape index (κ1) is 17.8. The Bertz CT molecular complexity index is 904. The smallest absolute Gasteiger partial charge is 0.258 e. The number of amides is 1. The maximum absolute atomic E-state index is 14.3. The van der Waals surface area contributed by atoms with E-state index in [1.165, 1.54) is 12.1 Å². The summed E-state index contributed by atoms with van der Waals surface area (Å²) in [5.41, 5.74) is 1.74. The van der Waals surface area contributed by atoms with Crippen LogP contribution < -0.4 is 15.4 Å². The molecule has 1 aliphatic rings. The van der Waals surface area contributed by atoms with Crippen LogP contribution in [-0.4, -0.2) is 19.1 Å². The molecule has 0 unspecified atom stereocenters. The molecule has 0 bridgehead atoms. The van der Waals surface area contributed by atoms with E-state index in [0.29, 0.717) is 24.4 Å². The lowest BCUT2D eigenvalue weighted by atomic mass is 9.97. The monoisotopic (exact) mass is 352 g/mol. The molecule has 0 saturated carbocycles. The maximum Gasteiger partial charge on any atom is 0.258 e. The number of carbonyl (C=O) groups excluding carboxylic acids is 1. The van der Waals surface area contributed by atoms with Crippen molar-refractivity contribution in [2.45, 2.75) is 20.8 Å². The van der Waals surface area contributed by atoms with Crippen LogP contribution in [0.2, 0.25) is 0 Å². The van der Waals surface area contributed by atoms with E-state index in [-0.39, 0.29) is 11.0 Å². The Morgan fingerprint density at radius 1 is 1.23 bits per heavy atom. The summed E-state index contributed by atoms with van der Waals surface area (Å²) in [4.78, 5) is 12.4. The zero-order valence-electron chi connectivity index (χ0n) is 15.1. The van der Waals surface area contributed by atoms with Gasteiger partial charge >= 0.3 is 0 Å². The maximum atomic E-state index is 14.3. The molecule has 0 aliphatic carbocycles. The minimum Gasteiger partial charge on any atom is -0.490 e. The van der Waals surface area contributed by atoms with Gasteiger partial charge in [-0.25, -0.2) is 4.39 Å². The molecule has 2 aromatic carbocycles. The summed E-state index contributed by atoms with van der Waals surface area (Å²) in [6.45, 7) is 7.26. The Morgan fingerprint density at radius 2 is 2.04 bits per heavy atom. The molecule has 4 nitrogen and oxygen atoms in total. The van der Waals surface area contributed by atoms with Crippen molar-refractivity contribution in [3.8, 4) is 17.6 Å². The largest absolute Gasteiger partial charge is 0.490 e. The Morgan fingerprint density at radius 3 is 2.77 bits per heavy atom. The number of anilines is 2. The molecule has 134 valence electrons. The third-order valence-electron chi connectivity index (χ3n) is 3.71. The van der Waals surface area contributed by atoms with Crippen LogP contribution in [0.1, 0.15) is 36.7 Å². The second kappa shape index (κ2) is 7.09. The molecule has 5 heteroatoms. The molecule has 1 heterocycles. The van der Waals surface area contributed by atoms with Gasteiger partial charge in [0, 0.05) is 23.2 Å². The minimum atomic E-state index is -0.595. The first-order chi connectivity index (χ1) is 12.3. The van der Waals surface area contributed by atoms with Gasteiger partial charge in [0.15, 0.2) is 0 Å². The summed E-state index contributed by atoms with van der Waals surface area (Å²) in [6.07, 6.45) is 0. The van der Waals surface area contributed by atoms with Crippen LogP contribution in [0.3, 0.4) is 0 Å². The van der Waals surface area contributed by atoms with E-state index in [9.17, 15) is 9.18 Å². The third kappa shape index (κ3) is 4.34. The molecule has 2 aromatic rings. The number of hydrogen-bond donors (Lipinski definition) is 2. The van der Waals surface area contributed by atoms with Gasteiger partial charge in [-0.15, -0.1) is 0 Å². The Hall–Kier alpha value is -3.00. The highest BCUT2D eigenvalue weighted by molar-refractivity contribution is 6.04. The molecule has 0 saturated heterocycles. The van der Waals surface area contributed by atoms with Gasteiger partial charge in [0.2, 0.25) is 0 Å². The van der Waals surface area contributed by atoms with Gasteiger partial charge in [-0.05, 0) is 57.2 Å². The molecule has 2 N–H and O–H groups in total. The van der Waals surface area contributed by atoms with Crippen molar-refractivity contribution in [3.05, 3.63) is 53.3 Å². The van der Waals surface area contributed by atoms with E-state index in [2.05, 4.69) is 22.5 Å². The topological polar surface area (TPSA) is 50.4 Å². The lowest BCUT2D eigenvalue weighted by Gasteiger charge is -2.19. The highest BCUT2D eigenvalue weighted by Gasteiger charge is 2.15. The van der Waals surface area contributed by atoms with Gasteiger partial charge in [0.25, 0.3) is 5.91 Å². The number of fused-ring (bicyclic) bond motifs is 1. The number of rotatable bonds is 2. The molecule has 0 radical (unpaired) electrons. The fraction of sp³-hybridized carbons (Fsp3) is 0.286. The van der Waals surface area contributed by atoms with Crippen molar-refractivity contribution >= 4 is 17.3 Å². The zero-order chi connectivity index (χ0) is 18.7. The summed E-state index contributed by atoms with van der Waals surface area (Å²) in [7, 11) is 0. The fourth-order valence-corrected chi connectivity index (χ4v) is 2.45. The number of benzene rings is 2. The highest BCUT2D eigenvalue weighted by Crippen LogP contribution is 2.30. The minimum absolute atomic E-state index is 0.0201. The Labute approximate surface area is 152 Å². The SMILES string of the molecule is CC(C)(C)C#Cc1ccc(C(=O)Nc2ccc3c(c2)NCCO3)c(F)c1. The molecular formula is C21H21FN2O2. The predicted octanol–water partition coefficient (Wildman–Crippen LogP) is 4.28. The lowest BCUT2D eigenvalue weighted by molar-refractivity contribution is 0.102. The van der Waals surface area contributed by atoms with Crippen LogP contribution in [0, 0.1) is 23.1 Å². The second-order valence-corrected chi connectivity index (χ2v) is 7.13. The first-order valence-electron chi connectivity index (χ1n) is 8.47. The number of halogens is 1. The van der Waals surface area contributed by atoms with E-state index in [1.807, 2.05) is 20.8 Å². The molecule has 26 heavy (non-hydrogen) atoms. The van der Waals surface area contributed by atoms with Crippen LogP contribution in [0.5, 0.6) is 5.75 Å². The predicted molar refractivity (Wildman–Crippen MR) is 101 cm³/mol. The van der Waals surface area contributed by atoms with Gasteiger partial charge in [-0.2, -0.15) is 0 Å². The number of carbonyl (C=O) groups is 1. The molecule has 3 rings (SSSR count). The van der Waals surface area contributed by atoms with Crippen molar-refractivity contribution in [3.63, 3.8) is 0 Å². The van der Waals surface area contributed by atoms with E-state index in [4.69, 9.17) is 4.74 Å². The zero-order valence-corrected chi connectivity index (χ0v) is 15.1. The van der Waals surface area contributed by atoms with Crippen LogP contribution in [0.15, 0.2) is 36.4 Å². The van der Waals surface area contributed by atoms with Crippen molar-refractivity contribution in [2.75, 3.05) is 23.8 Å². The first-order valence-corrected chi connectivity index (χ1v) is 8.47. The highest BCUT2D eigenvalue weighted by atomic mass is 19.1. The fourth-order valence-electron chi connectivity index (χ4n) is 2.45. The number of nitrogens with one attached hydrogen (secondary N) is 2. The molecule has 0 aromatic heterocycles. The van der Waals surface area contributed by atoms with Crippen LogP contribution in [0.25, 0.3) is 0 Å². The van der Waals surface area contributed by atoms with E-state index < -0.39 is 11.7 Å². The van der Waals surface area contributed by atoms with E-state index in [1.54, 1.807) is 24.3 Å². The van der Waals surface area contributed by atoms with Crippen molar-refractivity contribution in [1.29, 1.82) is 0 Å². The molecular weight excluding hydrogens is 331 g/mol. The van der Waals surface area contributed by atoms with Crippen molar-refractivity contribution in [2.24, 2.45) is 5.41 Å². The van der Waals surface area contributed by atoms with Gasteiger partial charge in [-0.3, -0.25) is 4.79 Å². The molecule has 1 aliphatic heterocycles. The average Bonchev–Trinajstić information content (AvgIpc) is 2.59. The Balaban J connectivity index is 1.76. The summed E-state index contributed by atoms with van der Waals surface area (Å²) in [6, 6.07) is 9.67. The Kier molecular flexibility index (Phi) is 4.85. The molecule has 1 amide bonds. The van der Waals surface area contributed by atoms with Crippen LogP contribution in [-0.2, 0) is 0 Å². The van der Waals surface area contributed by atoms with Crippen molar-refractivity contribution < 1.29 is 13.9 Å². The van der Waals surface area contributed by atoms with E-state index >= 15 is 0 Å². The lowest BCUT2D eigenvalue weighted by Crippen LogP contribution is -2.19. The average molecular weight is 352 g/mol. The summed E-state index contributed by atoms with van der Waals surface area (Å²) in [5.74, 6) is 5.62. The molecule has 0 atom stereocenters. The summed E-state index contributed by atoms with van der Waals surface area (Å²) >= 11 is 0. The quantitative estimate of drug-likeness (QED) is 0.793. The van der Waals surface area contributed by atoms with Gasteiger partial charge in [0.1, 0.15) is 18.2 Å². The number of ether oxygens (including phenoxy) is 1.